The first-order valence-electron chi connectivity index (χ1n) is 9.61. The van der Waals surface area contributed by atoms with Gasteiger partial charge in [0.1, 0.15) is 17.9 Å². The van der Waals surface area contributed by atoms with Crippen molar-refractivity contribution in [3.05, 3.63) is 36.4 Å². The molecule has 1 aromatic heterocycles. The van der Waals surface area contributed by atoms with E-state index < -0.39 is 0 Å². The summed E-state index contributed by atoms with van der Waals surface area (Å²) in [6, 6.07) is 7.25. The molecule has 2 aromatic rings. The van der Waals surface area contributed by atoms with Crippen molar-refractivity contribution in [2.24, 2.45) is 5.41 Å². The number of rotatable bonds is 7. The molecule has 1 aliphatic rings. The molecule has 0 radical (unpaired) electrons. The highest BCUT2D eigenvalue weighted by atomic mass is 16.3. The van der Waals surface area contributed by atoms with Gasteiger partial charge in [-0.1, -0.05) is 58.1 Å². The number of aromatic nitrogens is 3. The fourth-order valence-corrected chi connectivity index (χ4v) is 4.19. The number of phenolic OH excluding ortho intramolecular Hbond substituents is 1. The molecule has 4 heteroatoms. The first-order valence-corrected chi connectivity index (χ1v) is 9.61. The minimum Gasteiger partial charge on any atom is -0.507 e. The van der Waals surface area contributed by atoms with Crippen molar-refractivity contribution < 1.29 is 5.11 Å². The zero-order valence-corrected chi connectivity index (χ0v) is 15.4. The summed E-state index contributed by atoms with van der Waals surface area (Å²) in [4.78, 5) is 13.7. The first-order chi connectivity index (χ1) is 12.1. The molecule has 1 unspecified atom stereocenters. The molecular formula is C21H29N3O. The second-order valence-corrected chi connectivity index (χ2v) is 7.59. The van der Waals surface area contributed by atoms with Crippen LogP contribution in [0.25, 0.3) is 11.4 Å². The van der Waals surface area contributed by atoms with Crippen molar-refractivity contribution in [3.63, 3.8) is 0 Å². The van der Waals surface area contributed by atoms with E-state index in [9.17, 15) is 5.11 Å². The van der Waals surface area contributed by atoms with E-state index >= 15 is 0 Å². The molecule has 4 nitrogen and oxygen atoms in total. The van der Waals surface area contributed by atoms with Crippen LogP contribution in [0.5, 0.6) is 5.75 Å². The Balaban J connectivity index is 1.93. The van der Waals surface area contributed by atoms with Crippen molar-refractivity contribution in [1.29, 1.82) is 0 Å². The molecule has 0 saturated heterocycles. The molecule has 0 amide bonds. The van der Waals surface area contributed by atoms with E-state index in [-0.39, 0.29) is 11.2 Å². The normalized spacial score (nSPS) is 17.5. The van der Waals surface area contributed by atoms with Gasteiger partial charge >= 0.3 is 0 Å². The molecule has 1 aliphatic carbocycles. The van der Waals surface area contributed by atoms with E-state index in [2.05, 4.69) is 23.8 Å². The van der Waals surface area contributed by atoms with Gasteiger partial charge in [0.25, 0.3) is 0 Å². The van der Waals surface area contributed by atoms with Gasteiger partial charge in [0, 0.05) is 5.92 Å². The number of hydrogen-bond acceptors (Lipinski definition) is 4. The molecule has 1 fully saturated rings. The van der Waals surface area contributed by atoms with Crippen LogP contribution < -0.4 is 0 Å². The Morgan fingerprint density at radius 1 is 1.12 bits per heavy atom. The molecule has 25 heavy (non-hydrogen) atoms. The van der Waals surface area contributed by atoms with Gasteiger partial charge in [0.05, 0.1) is 5.56 Å². The highest BCUT2D eigenvalue weighted by Crippen LogP contribution is 2.50. The van der Waals surface area contributed by atoms with E-state index in [1.165, 1.54) is 44.9 Å². The van der Waals surface area contributed by atoms with Gasteiger partial charge in [-0.05, 0) is 36.8 Å². The predicted octanol–water partition coefficient (Wildman–Crippen LogP) is 5.49. The van der Waals surface area contributed by atoms with Crippen molar-refractivity contribution in [3.8, 4) is 17.1 Å². The smallest absolute Gasteiger partial charge is 0.166 e. The number of unbranched alkanes of at least 4 members (excludes halogenated alkanes) is 2. The maximum Gasteiger partial charge on any atom is 0.166 e. The Bertz CT molecular complexity index is 695. The quantitative estimate of drug-likeness (QED) is 0.678. The molecule has 1 heterocycles. The zero-order chi connectivity index (χ0) is 17.7. The lowest BCUT2D eigenvalue weighted by Gasteiger charge is -2.33. The van der Waals surface area contributed by atoms with Gasteiger partial charge in [0.15, 0.2) is 5.82 Å². The number of nitrogens with zero attached hydrogens (tertiary/aromatic N) is 3. The third-order valence-corrected chi connectivity index (χ3v) is 5.73. The van der Waals surface area contributed by atoms with Crippen LogP contribution in [0.1, 0.15) is 77.0 Å². The number of aromatic hydroxyl groups is 1. The molecule has 0 bridgehead atoms. The van der Waals surface area contributed by atoms with Crippen LogP contribution in [0.4, 0.5) is 0 Å². The molecule has 1 aromatic carbocycles. The minimum absolute atomic E-state index is 0.217. The zero-order valence-electron chi connectivity index (χ0n) is 15.4. The molecular weight excluding hydrogens is 310 g/mol. The van der Waals surface area contributed by atoms with Crippen molar-refractivity contribution in [2.75, 3.05) is 0 Å². The summed E-state index contributed by atoms with van der Waals surface area (Å²) in [6.07, 6.45) is 11.5. The third-order valence-electron chi connectivity index (χ3n) is 5.73. The van der Waals surface area contributed by atoms with E-state index in [1.54, 1.807) is 12.4 Å². The highest BCUT2D eigenvalue weighted by molar-refractivity contribution is 5.62. The summed E-state index contributed by atoms with van der Waals surface area (Å²) in [6.45, 7) is 4.64. The van der Waals surface area contributed by atoms with Gasteiger partial charge in [-0.3, -0.25) is 0 Å². The lowest BCUT2D eigenvalue weighted by Crippen LogP contribution is -2.24. The summed E-state index contributed by atoms with van der Waals surface area (Å²) < 4.78 is 0. The summed E-state index contributed by atoms with van der Waals surface area (Å²) >= 11 is 0. The van der Waals surface area contributed by atoms with Gasteiger partial charge in [0.2, 0.25) is 0 Å². The third kappa shape index (κ3) is 4.00. The van der Waals surface area contributed by atoms with Crippen LogP contribution in [-0.4, -0.2) is 20.1 Å². The summed E-state index contributed by atoms with van der Waals surface area (Å²) in [5, 5.41) is 10.1. The molecule has 134 valence electrons. The maximum atomic E-state index is 10.1. The van der Waals surface area contributed by atoms with E-state index in [1.807, 2.05) is 18.2 Å². The van der Waals surface area contributed by atoms with E-state index in [0.717, 1.165) is 12.2 Å². The topological polar surface area (TPSA) is 58.9 Å². The van der Waals surface area contributed by atoms with Crippen LogP contribution in [0.3, 0.4) is 0 Å². The van der Waals surface area contributed by atoms with Gasteiger partial charge in [-0.15, -0.1) is 0 Å². The van der Waals surface area contributed by atoms with Gasteiger partial charge in [-0.25, -0.2) is 15.0 Å². The Kier molecular flexibility index (Phi) is 5.67. The van der Waals surface area contributed by atoms with Crippen LogP contribution >= 0.6 is 0 Å². The van der Waals surface area contributed by atoms with E-state index in [0.29, 0.717) is 17.3 Å². The van der Waals surface area contributed by atoms with Crippen LogP contribution in [0, 0.1) is 5.41 Å². The average molecular weight is 339 g/mol. The summed E-state index contributed by atoms with van der Waals surface area (Å²) in [5.41, 5.74) is 0.959. The Morgan fingerprint density at radius 3 is 2.60 bits per heavy atom. The predicted molar refractivity (Wildman–Crippen MR) is 100 cm³/mol. The second-order valence-electron chi connectivity index (χ2n) is 7.59. The summed E-state index contributed by atoms with van der Waals surface area (Å²) in [5.74, 6) is 2.06. The monoisotopic (exact) mass is 339 g/mol. The van der Waals surface area contributed by atoms with Crippen molar-refractivity contribution >= 4 is 0 Å². The fourth-order valence-electron chi connectivity index (χ4n) is 4.19. The molecule has 0 aliphatic heterocycles. The average Bonchev–Trinajstić information content (AvgIpc) is 3.07. The summed E-state index contributed by atoms with van der Waals surface area (Å²) in [7, 11) is 0. The fraction of sp³-hybridized carbons (Fsp3) is 0.571. The highest BCUT2D eigenvalue weighted by Gasteiger charge is 2.39. The number of benzene rings is 1. The molecule has 1 N–H and O–H groups in total. The molecule has 3 rings (SSSR count). The second kappa shape index (κ2) is 7.94. The first kappa shape index (κ1) is 17.8. The Morgan fingerprint density at radius 2 is 1.88 bits per heavy atom. The molecule has 0 spiro atoms. The SMILES string of the molecule is CCCCCC(c1ncnc(-c2ccccc2O)n1)C1(C)CCCC1. The maximum absolute atomic E-state index is 10.1. The van der Waals surface area contributed by atoms with Gasteiger partial charge in [-0.2, -0.15) is 0 Å². The Hall–Kier alpha value is -1.97. The molecule has 1 atom stereocenters. The largest absolute Gasteiger partial charge is 0.507 e. The van der Waals surface area contributed by atoms with Crippen molar-refractivity contribution in [1.82, 2.24) is 15.0 Å². The standard InChI is InChI=1S/C21H29N3O/c1-3-4-5-11-17(21(2)13-8-9-14-21)20-23-15-22-19(24-20)16-10-6-7-12-18(16)25/h6-7,10,12,15,17,25H,3-5,8-9,11,13-14H2,1-2H3. The number of hydrogen-bond donors (Lipinski definition) is 1. The molecule has 1 saturated carbocycles. The van der Waals surface area contributed by atoms with Gasteiger partial charge < -0.3 is 5.11 Å². The lowest BCUT2D eigenvalue weighted by molar-refractivity contribution is 0.235. The Labute approximate surface area is 150 Å². The van der Waals surface area contributed by atoms with Crippen LogP contribution in [0.2, 0.25) is 0 Å². The number of para-hydroxylation sites is 1. The van der Waals surface area contributed by atoms with Crippen LogP contribution in [0.15, 0.2) is 30.6 Å². The number of phenols is 1. The lowest BCUT2D eigenvalue weighted by atomic mass is 9.72. The van der Waals surface area contributed by atoms with Crippen LogP contribution in [-0.2, 0) is 0 Å². The minimum atomic E-state index is 0.217. The van der Waals surface area contributed by atoms with Crippen molar-refractivity contribution in [2.45, 2.75) is 71.1 Å². The van der Waals surface area contributed by atoms with E-state index in [4.69, 9.17) is 4.98 Å².